The van der Waals surface area contributed by atoms with Crippen molar-refractivity contribution >= 4 is 18.0 Å². The highest BCUT2D eigenvalue weighted by atomic mass is 19.1. The summed E-state index contributed by atoms with van der Waals surface area (Å²) < 4.78 is 25.0. The summed E-state index contributed by atoms with van der Waals surface area (Å²) in [6.45, 7) is 5.27. The lowest BCUT2D eigenvalue weighted by Crippen LogP contribution is -2.42. The van der Waals surface area contributed by atoms with Crippen molar-refractivity contribution in [1.29, 1.82) is 0 Å². The molecule has 1 aromatic rings. The minimum absolute atomic E-state index is 0.0518. The molecule has 0 saturated heterocycles. The molecule has 0 aromatic heterocycles. The third-order valence-corrected chi connectivity index (χ3v) is 4.27. The molecule has 0 aliphatic rings. The molecule has 8 nitrogen and oxygen atoms in total. The molecule has 31 heavy (non-hydrogen) atoms. The van der Waals surface area contributed by atoms with Gasteiger partial charge in [0.05, 0.1) is 6.04 Å². The zero-order chi connectivity index (χ0) is 23.4. The lowest BCUT2D eigenvalue weighted by molar-refractivity contribution is -0.137. The van der Waals surface area contributed by atoms with Crippen LogP contribution in [0.5, 0.6) is 5.75 Å². The average molecular weight is 441 g/mol. The molecule has 0 aliphatic carbocycles. The number of aliphatic carboxylic acids is 1. The first-order valence-corrected chi connectivity index (χ1v) is 10.4. The highest BCUT2D eigenvalue weighted by molar-refractivity contribution is 5.74. The topological polar surface area (TPSA) is 128 Å². The van der Waals surface area contributed by atoms with Crippen molar-refractivity contribution in [3.8, 4) is 5.75 Å². The summed E-state index contributed by atoms with van der Waals surface area (Å²) in [5.74, 6) is -1.27. The fourth-order valence-electron chi connectivity index (χ4n) is 2.79. The number of benzene rings is 1. The summed E-state index contributed by atoms with van der Waals surface area (Å²) >= 11 is 0. The number of amides is 2. The van der Waals surface area contributed by atoms with E-state index in [4.69, 9.17) is 20.3 Å². The minimum Gasteiger partial charge on any atom is -0.491 e. The largest absolute Gasteiger partial charge is 0.491 e. The van der Waals surface area contributed by atoms with Gasteiger partial charge in [-0.05, 0) is 70.2 Å². The summed E-state index contributed by atoms with van der Waals surface area (Å²) in [5, 5.41) is 11.3. The van der Waals surface area contributed by atoms with Crippen LogP contribution in [0.25, 0.3) is 0 Å². The number of nitrogens with two attached hydrogens (primary N) is 1. The Balaban J connectivity index is 2.66. The fourth-order valence-corrected chi connectivity index (χ4v) is 2.79. The second-order valence-electron chi connectivity index (χ2n) is 8.37. The van der Waals surface area contributed by atoms with E-state index in [0.717, 1.165) is 0 Å². The molecular weight excluding hydrogens is 407 g/mol. The van der Waals surface area contributed by atoms with Crippen LogP contribution >= 0.6 is 0 Å². The third-order valence-electron chi connectivity index (χ3n) is 4.27. The van der Waals surface area contributed by atoms with Crippen molar-refractivity contribution in [2.24, 2.45) is 5.73 Å². The number of carbonyl (C=O) groups is 3. The van der Waals surface area contributed by atoms with Crippen LogP contribution in [0.15, 0.2) is 18.2 Å². The maximum Gasteiger partial charge on any atom is 0.407 e. The molecule has 0 heterocycles. The van der Waals surface area contributed by atoms with Gasteiger partial charge < -0.3 is 25.6 Å². The fraction of sp³-hybridized carbons (Fsp3) is 0.591. The van der Waals surface area contributed by atoms with Crippen molar-refractivity contribution in [2.75, 3.05) is 6.61 Å². The maximum absolute atomic E-state index is 14.1. The number of aryl methyl sites for hydroxylation is 1. The molecule has 0 fully saturated rings. The van der Waals surface area contributed by atoms with Crippen LogP contribution in [-0.2, 0) is 20.7 Å². The Morgan fingerprint density at radius 1 is 1.16 bits per heavy atom. The van der Waals surface area contributed by atoms with E-state index in [9.17, 15) is 18.8 Å². The van der Waals surface area contributed by atoms with E-state index in [1.54, 1.807) is 26.8 Å². The van der Waals surface area contributed by atoms with Gasteiger partial charge in [0.15, 0.2) is 0 Å². The number of carboxylic acids is 1. The first-order valence-electron chi connectivity index (χ1n) is 10.4. The summed E-state index contributed by atoms with van der Waals surface area (Å²) in [7, 11) is 0. The Kier molecular flexibility index (Phi) is 10.8. The molecule has 0 unspecified atom stereocenters. The lowest BCUT2D eigenvalue weighted by atomic mass is 10.1. The number of carbonyl (C=O) groups excluding carboxylic acids is 2. The Bertz CT molecular complexity index is 748. The summed E-state index contributed by atoms with van der Waals surface area (Å²) in [6, 6.07) is 3.86. The van der Waals surface area contributed by atoms with Crippen LogP contribution in [0.3, 0.4) is 0 Å². The van der Waals surface area contributed by atoms with Gasteiger partial charge in [0.1, 0.15) is 23.8 Å². The van der Waals surface area contributed by atoms with Gasteiger partial charge in [-0.1, -0.05) is 6.42 Å². The number of primary amides is 1. The molecule has 174 valence electrons. The third kappa shape index (κ3) is 12.5. The molecular formula is C22H33FN2O6. The van der Waals surface area contributed by atoms with Gasteiger partial charge in [0.2, 0.25) is 5.91 Å². The average Bonchev–Trinajstić information content (AvgIpc) is 2.63. The highest BCUT2D eigenvalue weighted by Gasteiger charge is 2.20. The van der Waals surface area contributed by atoms with Crippen molar-refractivity contribution in [1.82, 2.24) is 5.32 Å². The van der Waals surface area contributed by atoms with Gasteiger partial charge in [0, 0.05) is 12.8 Å². The second-order valence-corrected chi connectivity index (χ2v) is 8.37. The van der Waals surface area contributed by atoms with Crippen LogP contribution in [0, 0.1) is 5.82 Å². The number of nitrogens with one attached hydrogen (secondary N) is 1. The summed E-state index contributed by atoms with van der Waals surface area (Å²) in [5.41, 5.74) is 5.01. The Morgan fingerprint density at radius 2 is 1.87 bits per heavy atom. The predicted molar refractivity (Wildman–Crippen MR) is 113 cm³/mol. The molecule has 0 spiro atoms. The van der Waals surface area contributed by atoms with E-state index in [-0.39, 0.29) is 31.7 Å². The van der Waals surface area contributed by atoms with Crippen molar-refractivity contribution in [3.05, 3.63) is 29.6 Å². The van der Waals surface area contributed by atoms with E-state index < -0.39 is 29.6 Å². The van der Waals surface area contributed by atoms with Crippen molar-refractivity contribution < 1.29 is 33.4 Å². The maximum atomic E-state index is 14.1. The quantitative estimate of drug-likeness (QED) is 0.403. The van der Waals surface area contributed by atoms with Gasteiger partial charge in [-0.3, -0.25) is 9.59 Å². The smallest absolute Gasteiger partial charge is 0.407 e. The van der Waals surface area contributed by atoms with Gasteiger partial charge >= 0.3 is 12.1 Å². The lowest BCUT2D eigenvalue weighted by Gasteiger charge is -2.23. The number of unbranched alkanes of at least 4 members (excludes halogenated alkanes) is 2. The molecule has 0 aliphatic heterocycles. The van der Waals surface area contributed by atoms with Gasteiger partial charge in [-0.25, -0.2) is 9.18 Å². The van der Waals surface area contributed by atoms with Crippen LogP contribution < -0.4 is 15.8 Å². The van der Waals surface area contributed by atoms with Crippen LogP contribution in [0.2, 0.25) is 0 Å². The number of alkyl carbamates (subject to hydrolysis) is 1. The number of carboxylic acid groups (broad SMARTS) is 1. The van der Waals surface area contributed by atoms with E-state index in [1.807, 2.05) is 0 Å². The van der Waals surface area contributed by atoms with E-state index in [2.05, 4.69) is 5.32 Å². The number of hydrogen-bond acceptors (Lipinski definition) is 5. The zero-order valence-corrected chi connectivity index (χ0v) is 18.4. The van der Waals surface area contributed by atoms with E-state index in [1.165, 1.54) is 12.1 Å². The Morgan fingerprint density at radius 3 is 2.48 bits per heavy atom. The number of hydrogen-bond donors (Lipinski definition) is 3. The van der Waals surface area contributed by atoms with Crippen LogP contribution in [0.4, 0.5) is 9.18 Å². The molecule has 0 saturated carbocycles. The molecule has 0 bridgehead atoms. The minimum atomic E-state index is -0.840. The molecule has 2 amide bonds. The van der Waals surface area contributed by atoms with E-state index in [0.29, 0.717) is 37.0 Å². The van der Waals surface area contributed by atoms with Crippen molar-refractivity contribution in [2.45, 2.75) is 77.4 Å². The van der Waals surface area contributed by atoms with Gasteiger partial charge in [-0.2, -0.15) is 0 Å². The normalized spacial score (nSPS) is 12.1. The number of ether oxygens (including phenoxy) is 2. The summed E-state index contributed by atoms with van der Waals surface area (Å²) in [4.78, 5) is 33.7. The highest BCUT2D eigenvalue weighted by Crippen LogP contribution is 2.20. The summed E-state index contributed by atoms with van der Waals surface area (Å²) in [6.07, 6.45) is 2.16. The molecule has 1 aromatic carbocycles. The first kappa shape index (κ1) is 26.2. The SMILES string of the molecule is CC(C)(C)OC(=O)N[C@@H](CCC(N)=O)COc1ccc(F)c(CCCCCC(=O)O)c1. The Hall–Kier alpha value is -2.84. The van der Waals surface area contributed by atoms with Crippen molar-refractivity contribution in [3.63, 3.8) is 0 Å². The monoisotopic (exact) mass is 440 g/mol. The van der Waals surface area contributed by atoms with Gasteiger partial charge in [-0.15, -0.1) is 0 Å². The Labute approximate surface area is 182 Å². The molecule has 4 N–H and O–H groups in total. The zero-order valence-electron chi connectivity index (χ0n) is 18.4. The molecule has 1 rings (SSSR count). The standard InChI is InChI=1S/C22H33FN2O6/c1-22(2,3)31-21(29)25-16(9-12-19(24)26)14-30-17-10-11-18(23)15(13-17)7-5-4-6-8-20(27)28/h10-11,13,16H,4-9,12,14H2,1-3H3,(H2,24,26)(H,25,29)(H,27,28)/t16-/m0/s1. The number of halogens is 1. The predicted octanol–water partition coefficient (Wildman–Crippen LogP) is 3.55. The second kappa shape index (κ2) is 12.8. The van der Waals surface area contributed by atoms with E-state index >= 15 is 0 Å². The first-order chi connectivity index (χ1) is 14.5. The molecule has 0 radical (unpaired) electrons. The number of rotatable bonds is 13. The molecule has 9 heteroatoms. The van der Waals surface area contributed by atoms with Crippen LogP contribution in [-0.4, -0.2) is 41.3 Å². The van der Waals surface area contributed by atoms with Crippen LogP contribution in [0.1, 0.15) is 64.9 Å². The molecule has 1 atom stereocenters. The van der Waals surface area contributed by atoms with Gasteiger partial charge in [0.25, 0.3) is 0 Å².